The van der Waals surface area contributed by atoms with Gasteiger partial charge in [0.05, 0.1) is 54.5 Å². The lowest BCUT2D eigenvalue weighted by atomic mass is 9.84. The van der Waals surface area contributed by atoms with Gasteiger partial charge in [-0.3, -0.25) is 34.0 Å². The lowest BCUT2D eigenvalue weighted by Crippen LogP contribution is -2.62. The van der Waals surface area contributed by atoms with Gasteiger partial charge in [0.15, 0.2) is 11.7 Å². The number of fused-ring (bicyclic) bond motifs is 6. The van der Waals surface area contributed by atoms with E-state index in [4.69, 9.17) is 18.9 Å². The summed E-state index contributed by atoms with van der Waals surface area (Å²) in [5.41, 5.74) is 5.55. The molecule has 0 saturated carbocycles. The number of hydrazine groups is 1. The van der Waals surface area contributed by atoms with Crippen LogP contribution in [0.3, 0.4) is 0 Å². The molecule has 3 aromatic heterocycles. The fraction of sp³-hybridized carbons (Fsp3) is 0.566. The van der Waals surface area contributed by atoms with Crippen LogP contribution in [0.2, 0.25) is 0 Å². The van der Waals surface area contributed by atoms with Crippen LogP contribution in [0.4, 0.5) is 18.9 Å². The van der Waals surface area contributed by atoms with Gasteiger partial charge in [-0.25, -0.2) is 10.4 Å². The van der Waals surface area contributed by atoms with E-state index in [1.807, 2.05) is 33.9 Å². The van der Waals surface area contributed by atoms with Gasteiger partial charge in [0.25, 0.3) is 5.91 Å². The van der Waals surface area contributed by atoms with Crippen molar-refractivity contribution < 1.29 is 51.0 Å². The third-order valence-electron chi connectivity index (χ3n) is 14.8. The lowest BCUT2D eigenvalue weighted by molar-refractivity contribution is -0.155. The van der Waals surface area contributed by atoms with Crippen molar-refractivity contribution in [2.75, 3.05) is 78.5 Å². The third kappa shape index (κ3) is 11.6. The molecule has 6 bridgehead atoms. The van der Waals surface area contributed by atoms with E-state index in [1.54, 1.807) is 43.1 Å². The summed E-state index contributed by atoms with van der Waals surface area (Å²) in [7, 11) is 5.11. The van der Waals surface area contributed by atoms with Crippen molar-refractivity contribution >= 4 is 46.2 Å². The van der Waals surface area contributed by atoms with E-state index >= 15 is 13.2 Å². The van der Waals surface area contributed by atoms with Gasteiger partial charge in [-0.2, -0.15) is 13.2 Å². The second kappa shape index (κ2) is 21.9. The lowest BCUT2D eigenvalue weighted by Gasteiger charge is -2.36. The number of rotatable bonds is 11. The number of hydrogen-bond acceptors (Lipinski definition) is 13. The summed E-state index contributed by atoms with van der Waals surface area (Å²) in [5.74, 6) is -3.05. The molecule has 0 spiro atoms. The SMILES string of the molecule is C=CC(=O)N1CC[C@H](C(=O)N(C)[C@H](C(=O)N[C@H]2Cc3ncc(o3)-c3ccc4c(c3)c(c(-c3cc(N5CCN(C)CC5)cnc3[C@H](C)OC)n4CC(F)(F)F)CC(C)(C)COC(=O)[C@@H]3CCCN(N3)C2=O)C(C)C)C1. The Hall–Kier alpha value is -6.32. The van der Waals surface area contributed by atoms with Crippen LogP contribution in [0.25, 0.3) is 33.5 Å². The Morgan fingerprint density at radius 2 is 1.78 bits per heavy atom. The van der Waals surface area contributed by atoms with Gasteiger partial charge in [-0.1, -0.05) is 34.3 Å². The molecular weight excluding hydrogens is 962 g/mol. The monoisotopic (exact) mass is 1030 g/mol. The van der Waals surface area contributed by atoms with Crippen molar-refractivity contribution in [2.24, 2.45) is 17.3 Å². The first-order chi connectivity index (χ1) is 35.1. The molecule has 2 N–H and O–H groups in total. The maximum Gasteiger partial charge on any atom is 0.406 e. The van der Waals surface area contributed by atoms with Crippen molar-refractivity contribution in [3.05, 3.63) is 66.5 Å². The second-order valence-corrected chi connectivity index (χ2v) is 21.3. The van der Waals surface area contributed by atoms with Crippen molar-refractivity contribution in [2.45, 2.75) is 104 Å². The first-order valence-electron chi connectivity index (χ1n) is 25.4. The Labute approximate surface area is 429 Å². The minimum atomic E-state index is -4.64. The predicted molar refractivity (Wildman–Crippen MR) is 270 cm³/mol. The molecule has 4 aromatic rings. The van der Waals surface area contributed by atoms with Crippen molar-refractivity contribution in [1.29, 1.82) is 0 Å². The first-order valence-corrected chi connectivity index (χ1v) is 25.4. The molecular formula is C53H69F3N10O8. The fourth-order valence-electron chi connectivity index (χ4n) is 10.7. The molecule has 18 nitrogen and oxygen atoms in total. The zero-order chi connectivity index (χ0) is 53.4. The molecule has 0 unspecified atom stereocenters. The van der Waals surface area contributed by atoms with E-state index in [1.165, 1.54) is 40.9 Å². The summed E-state index contributed by atoms with van der Waals surface area (Å²) < 4.78 is 64.6. The van der Waals surface area contributed by atoms with Gasteiger partial charge in [-0.15, -0.1) is 0 Å². The normalized spacial score (nSPS) is 21.8. The van der Waals surface area contributed by atoms with Gasteiger partial charge in [0, 0.05) is 87.4 Å². The van der Waals surface area contributed by atoms with E-state index in [9.17, 15) is 24.0 Å². The van der Waals surface area contributed by atoms with Gasteiger partial charge in [-0.05, 0) is 81.5 Å². The average molecular weight is 1030 g/mol. The highest BCUT2D eigenvalue weighted by molar-refractivity contribution is 5.96. The number of oxazole rings is 1. The highest BCUT2D eigenvalue weighted by Gasteiger charge is 2.41. The topological polar surface area (TPSA) is 188 Å². The van der Waals surface area contributed by atoms with Crippen LogP contribution in [0, 0.1) is 17.3 Å². The summed E-state index contributed by atoms with van der Waals surface area (Å²) in [4.78, 5) is 86.2. The molecule has 1 aromatic carbocycles. The van der Waals surface area contributed by atoms with Gasteiger partial charge >= 0.3 is 12.1 Å². The number of carbonyl (C=O) groups is 5. The van der Waals surface area contributed by atoms with Gasteiger partial charge in [0.1, 0.15) is 24.7 Å². The number of cyclic esters (lactones) is 1. The highest BCUT2D eigenvalue weighted by atomic mass is 19.4. The summed E-state index contributed by atoms with van der Waals surface area (Å²) in [6, 6.07) is 3.69. The number of benzene rings is 1. The Bertz CT molecular complexity index is 2760. The van der Waals surface area contributed by atoms with Crippen molar-refractivity contribution in [3.8, 4) is 22.6 Å². The number of hydrogen-bond donors (Lipinski definition) is 2. The summed E-state index contributed by atoms with van der Waals surface area (Å²) in [6.07, 6.45) is 0.259. The Morgan fingerprint density at radius 3 is 2.47 bits per heavy atom. The van der Waals surface area contributed by atoms with Crippen LogP contribution in [0.1, 0.15) is 77.1 Å². The van der Waals surface area contributed by atoms with Crippen molar-refractivity contribution in [3.63, 3.8) is 0 Å². The smallest absolute Gasteiger partial charge is 0.406 e. The zero-order valence-corrected chi connectivity index (χ0v) is 43.6. The quantitative estimate of drug-likeness (QED) is 0.141. The molecule has 74 heavy (non-hydrogen) atoms. The Morgan fingerprint density at radius 1 is 1.04 bits per heavy atom. The summed E-state index contributed by atoms with van der Waals surface area (Å²) in [5, 5.41) is 4.68. The van der Waals surface area contributed by atoms with Crippen molar-refractivity contribution in [1.82, 2.24) is 45.0 Å². The number of nitrogens with one attached hydrogen (secondary N) is 2. The molecule has 4 amide bonds. The van der Waals surface area contributed by atoms with Crippen LogP contribution >= 0.6 is 0 Å². The van der Waals surface area contributed by atoms with Gasteiger partial charge < -0.3 is 43.4 Å². The molecule has 3 saturated heterocycles. The number of aromatic nitrogens is 3. The molecule has 8 rings (SSSR count). The van der Waals surface area contributed by atoms with E-state index < -0.39 is 72.0 Å². The number of ether oxygens (including phenoxy) is 2. The average Bonchev–Trinajstić information content (AvgIpc) is 4.12. The molecule has 400 valence electrons. The number of piperazine rings is 1. The number of amides is 4. The summed E-state index contributed by atoms with van der Waals surface area (Å²) >= 11 is 0. The maximum absolute atomic E-state index is 15.0. The highest BCUT2D eigenvalue weighted by Crippen LogP contribution is 2.44. The molecule has 4 aliphatic heterocycles. The second-order valence-electron chi connectivity index (χ2n) is 21.3. The molecule has 3 fully saturated rings. The number of halogens is 3. The largest absolute Gasteiger partial charge is 0.464 e. The minimum Gasteiger partial charge on any atom is -0.464 e. The molecule has 7 heterocycles. The van der Waals surface area contributed by atoms with E-state index in [-0.39, 0.29) is 56.0 Å². The number of methoxy groups -OCH3 is 1. The summed E-state index contributed by atoms with van der Waals surface area (Å²) in [6.45, 7) is 15.0. The van der Waals surface area contributed by atoms with Crippen LogP contribution < -0.4 is 15.6 Å². The number of pyridine rings is 1. The molecule has 0 radical (unpaired) electrons. The standard InChI is InChI=1S/C53H69F3N10O8/c1-10-44(67)64-17-15-34(28-64)49(69)62(8)46(31(2)3)48(68)59-40-24-43-57-27-42(74-43)33-13-14-41-36(22-33)38(25-52(5,6)30-73-51(71)39-12-11-16-66(60-39)50(40)70)47(65(41)29-53(54,55)56)37-23-35(26-58-45(37)32(4)72-9)63-20-18-61(7)19-21-63/h10,13-14,22-23,26-27,31-32,34,39-40,46,60H,1,11-12,15-21,24-25,28-30H2,2-9H3,(H,59,68)/t32-,34-,39-,40-,46-/m0/s1. The molecule has 0 aliphatic carbocycles. The van der Waals surface area contributed by atoms with Crippen LogP contribution in [0.5, 0.6) is 0 Å². The first kappa shape index (κ1) is 54.0. The Balaban J connectivity index is 1.22. The molecule has 21 heteroatoms. The number of anilines is 1. The number of likely N-dealkylation sites (tertiary alicyclic amines) is 1. The van der Waals surface area contributed by atoms with Crippen LogP contribution in [-0.2, 0) is 52.8 Å². The molecule has 5 atom stereocenters. The molecule has 4 aliphatic rings. The predicted octanol–water partition coefficient (Wildman–Crippen LogP) is 5.55. The van der Waals surface area contributed by atoms with Crippen LogP contribution in [0.15, 0.2) is 53.7 Å². The Kier molecular flexibility index (Phi) is 15.9. The number of nitrogens with zero attached hydrogens (tertiary/aromatic N) is 8. The maximum atomic E-state index is 15.0. The van der Waals surface area contributed by atoms with E-state index in [0.717, 1.165) is 18.8 Å². The number of alkyl halides is 3. The van der Waals surface area contributed by atoms with Crippen LogP contribution in [-0.4, -0.2) is 162 Å². The zero-order valence-electron chi connectivity index (χ0n) is 43.6. The number of carbonyl (C=O) groups excluding carboxylic acids is 5. The minimum absolute atomic E-state index is 0.0676. The van der Waals surface area contributed by atoms with Gasteiger partial charge in [0.2, 0.25) is 17.7 Å². The number of esters is 1. The number of likely N-dealkylation sites (N-methyl/N-ethyl adjacent to an activating group) is 2. The third-order valence-corrected chi connectivity index (χ3v) is 14.8. The van der Waals surface area contributed by atoms with E-state index in [2.05, 4.69) is 32.1 Å². The fourth-order valence-corrected chi connectivity index (χ4v) is 10.7. The van der Waals surface area contributed by atoms with E-state index in [0.29, 0.717) is 77.9 Å².